The van der Waals surface area contributed by atoms with E-state index in [1.807, 2.05) is 0 Å². The van der Waals surface area contributed by atoms with Crippen LogP contribution in [-0.4, -0.2) is 31.1 Å². The molecule has 8 heteroatoms. The van der Waals surface area contributed by atoms with Crippen molar-refractivity contribution in [1.82, 2.24) is 30.5 Å². The zero-order valence-electron chi connectivity index (χ0n) is 11.2. The second-order valence-corrected chi connectivity index (χ2v) is 4.51. The highest BCUT2D eigenvalue weighted by atomic mass is 16.2. The van der Waals surface area contributed by atoms with Crippen molar-refractivity contribution in [2.24, 2.45) is 0 Å². The number of hydrogen-bond acceptors (Lipinski definition) is 5. The van der Waals surface area contributed by atoms with Crippen molar-refractivity contribution in [3.63, 3.8) is 0 Å². The third-order valence-corrected chi connectivity index (χ3v) is 2.88. The number of rotatable bonds is 3. The van der Waals surface area contributed by atoms with Gasteiger partial charge in [0.2, 0.25) is 0 Å². The van der Waals surface area contributed by atoms with Gasteiger partial charge in [-0.15, -0.1) is 0 Å². The number of aryl methyl sites for hydroxylation is 1. The first-order chi connectivity index (χ1) is 10.1. The van der Waals surface area contributed by atoms with Gasteiger partial charge in [0.05, 0.1) is 18.4 Å². The van der Waals surface area contributed by atoms with Crippen LogP contribution in [0.5, 0.6) is 0 Å². The van der Waals surface area contributed by atoms with Crippen LogP contribution in [0.3, 0.4) is 0 Å². The summed E-state index contributed by atoms with van der Waals surface area (Å²) in [6.45, 7) is 1.84. The summed E-state index contributed by atoms with van der Waals surface area (Å²) in [6.07, 6.45) is 1.63. The number of fused-ring (bicyclic) bond motifs is 1. The summed E-state index contributed by atoms with van der Waals surface area (Å²) in [5.41, 5.74) is 1.07. The van der Waals surface area contributed by atoms with Crippen molar-refractivity contribution in [2.45, 2.75) is 13.5 Å². The Morgan fingerprint density at radius 2 is 2.19 bits per heavy atom. The summed E-state index contributed by atoms with van der Waals surface area (Å²) in [4.78, 5) is 34.2. The van der Waals surface area contributed by atoms with Gasteiger partial charge in [0.1, 0.15) is 11.5 Å². The summed E-state index contributed by atoms with van der Waals surface area (Å²) in [5, 5.41) is 10.1. The Balaban J connectivity index is 1.75. The Bertz CT molecular complexity index is 866. The molecule has 3 aromatic heterocycles. The standard InChI is InChI=1S/C13H12N6O2/c1-7-16-9(4-11(20)17-7)6-14-13(21)10-3-2-8-5-15-19-12(8)18-10/h2-5H,6H2,1H3,(H,14,21)(H,15,18,19)(H,16,17,20). The normalized spacial score (nSPS) is 10.7. The highest BCUT2D eigenvalue weighted by molar-refractivity contribution is 5.94. The van der Waals surface area contributed by atoms with E-state index >= 15 is 0 Å². The van der Waals surface area contributed by atoms with Crippen LogP contribution < -0.4 is 10.9 Å². The van der Waals surface area contributed by atoms with E-state index in [1.165, 1.54) is 6.07 Å². The number of H-pyrrole nitrogens is 2. The number of carbonyl (C=O) groups is 1. The highest BCUT2D eigenvalue weighted by Gasteiger charge is 2.09. The molecule has 3 aromatic rings. The van der Waals surface area contributed by atoms with Crippen molar-refractivity contribution in [3.05, 3.63) is 52.0 Å². The molecule has 3 N–H and O–H groups in total. The quantitative estimate of drug-likeness (QED) is 0.638. The van der Waals surface area contributed by atoms with E-state index in [1.54, 1.807) is 25.3 Å². The zero-order valence-corrected chi connectivity index (χ0v) is 11.2. The van der Waals surface area contributed by atoms with Gasteiger partial charge in [0, 0.05) is 11.5 Å². The molecule has 0 saturated heterocycles. The molecule has 0 saturated carbocycles. The molecule has 0 spiro atoms. The smallest absolute Gasteiger partial charge is 0.270 e. The van der Waals surface area contributed by atoms with Gasteiger partial charge in [-0.3, -0.25) is 14.7 Å². The monoisotopic (exact) mass is 284 g/mol. The van der Waals surface area contributed by atoms with Gasteiger partial charge in [-0.1, -0.05) is 0 Å². The van der Waals surface area contributed by atoms with Gasteiger partial charge in [-0.2, -0.15) is 5.10 Å². The fourth-order valence-corrected chi connectivity index (χ4v) is 1.95. The van der Waals surface area contributed by atoms with Crippen LogP contribution in [0.1, 0.15) is 22.0 Å². The highest BCUT2D eigenvalue weighted by Crippen LogP contribution is 2.08. The molecule has 106 valence electrons. The predicted molar refractivity (Wildman–Crippen MR) is 74.7 cm³/mol. The molecule has 3 heterocycles. The second-order valence-electron chi connectivity index (χ2n) is 4.51. The molecule has 3 rings (SSSR count). The molecular formula is C13H12N6O2. The molecular weight excluding hydrogens is 272 g/mol. The number of hydrogen-bond donors (Lipinski definition) is 3. The largest absolute Gasteiger partial charge is 0.345 e. The lowest BCUT2D eigenvalue weighted by Gasteiger charge is -2.04. The maximum Gasteiger partial charge on any atom is 0.270 e. The topological polar surface area (TPSA) is 116 Å². The molecule has 8 nitrogen and oxygen atoms in total. The molecule has 0 aliphatic heterocycles. The zero-order chi connectivity index (χ0) is 14.8. The third kappa shape index (κ3) is 2.78. The minimum atomic E-state index is -0.341. The maximum atomic E-state index is 12.0. The van der Waals surface area contributed by atoms with Crippen molar-refractivity contribution < 1.29 is 4.79 Å². The van der Waals surface area contributed by atoms with Gasteiger partial charge in [-0.25, -0.2) is 9.97 Å². The minimum Gasteiger partial charge on any atom is -0.345 e. The minimum absolute atomic E-state index is 0.159. The van der Waals surface area contributed by atoms with Crippen molar-refractivity contribution >= 4 is 16.9 Å². The van der Waals surface area contributed by atoms with Crippen LogP contribution in [0.4, 0.5) is 0 Å². The first-order valence-corrected chi connectivity index (χ1v) is 6.27. The predicted octanol–water partition coefficient (Wildman–Crippen LogP) is 0.280. The molecule has 0 aromatic carbocycles. The molecule has 0 atom stereocenters. The number of nitrogens with one attached hydrogen (secondary N) is 3. The summed E-state index contributed by atoms with van der Waals surface area (Å²) in [7, 11) is 0. The third-order valence-electron chi connectivity index (χ3n) is 2.88. The molecule has 0 radical (unpaired) electrons. The van der Waals surface area contributed by atoms with Gasteiger partial charge in [-0.05, 0) is 19.1 Å². The average Bonchev–Trinajstić information content (AvgIpc) is 2.91. The molecule has 0 unspecified atom stereocenters. The number of nitrogens with zero attached hydrogens (tertiary/aromatic N) is 3. The first-order valence-electron chi connectivity index (χ1n) is 6.27. The van der Waals surface area contributed by atoms with Gasteiger partial charge in [0.15, 0.2) is 5.65 Å². The van der Waals surface area contributed by atoms with E-state index in [-0.39, 0.29) is 23.7 Å². The van der Waals surface area contributed by atoms with Gasteiger partial charge < -0.3 is 10.3 Å². The van der Waals surface area contributed by atoms with Crippen LogP contribution in [0.15, 0.2) is 29.2 Å². The van der Waals surface area contributed by atoms with Crippen molar-refractivity contribution in [2.75, 3.05) is 0 Å². The van der Waals surface area contributed by atoms with E-state index in [0.29, 0.717) is 17.2 Å². The van der Waals surface area contributed by atoms with Crippen LogP contribution >= 0.6 is 0 Å². The Morgan fingerprint density at radius 1 is 1.33 bits per heavy atom. The van der Waals surface area contributed by atoms with E-state index in [2.05, 4.69) is 30.5 Å². The molecule has 0 aliphatic carbocycles. The molecule has 1 amide bonds. The first kappa shape index (κ1) is 13.0. The van der Waals surface area contributed by atoms with E-state index in [4.69, 9.17) is 0 Å². The van der Waals surface area contributed by atoms with Crippen molar-refractivity contribution in [1.29, 1.82) is 0 Å². The lowest BCUT2D eigenvalue weighted by atomic mass is 10.3. The van der Waals surface area contributed by atoms with Crippen LogP contribution in [-0.2, 0) is 6.54 Å². The number of pyridine rings is 1. The lowest BCUT2D eigenvalue weighted by molar-refractivity contribution is 0.0945. The van der Waals surface area contributed by atoms with Crippen molar-refractivity contribution in [3.8, 4) is 0 Å². The van der Waals surface area contributed by atoms with Gasteiger partial charge >= 0.3 is 0 Å². The fraction of sp³-hybridized carbons (Fsp3) is 0.154. The Labute approximate surface area is 118 Å². The van der Waals surface area contributed by atoms with E-state index < -0.39 is 0 Å². The number of aromatic nitrogens is 5. The summed E-state index contributed by atoms with van der Waals surface area (Å²) >= 11 is 0. The summed E-state index contributed by atoms with van der Waals surface area (Å²) in [6, 6.07) is 4.72. The molecule has 0 fully saturated rings. The number of amides is 1. The van der Waals surface area contributed by atoms with Crippen LogP contribution in [0, 0.1) is 6.92 Å². The molecule has 0 bridgehead atoms. The van der Waals surface area contributed by atoms with E-state index in [0.717, 1.165) is 5.39 Å². The fourth-order valence-electron chi connectivity index (χ4n) is 1.95. The van der Waals surface area contributed by atoms with Crippen LogP contribution in [0.2, 0.25) is 0 Å². The Hall–Kier alpha value is -3.03. The SMILES string of the molecule is Cc1nc(CNC(=O)c2ccc3cn[nH]c3n2)cc(=O)[nH]1. The van der Waals surface area contributed by atoms with E-state index in [9.17, 15) is 9.59 Å². The lowest BCUT2D eigenvalue weighted by Crippen LogP contribution is -2.25. The summed E-state index contributed by atoms with van der Waals surface area (Å²) < 4.78 is 0. The maximum absolute atomic E-state index is 12.0. The number of carbonyl (C=O) groups excluding carboxylic acids is 1. The molecule has 21 heavy (non-hydrogen) atoms. The number of aromatic amines is 2. The van der Waals surface area contributed by atoms with Gasteiger partial charge in [0.25, 0.3) is 11.5 Å². The Morgan fingerprint density at radius 3 is 3.00 bits per heavy atom. The molecule has 0 aliphatic rings. The van der Waals surface area contributed by atoms with Crippen LogP contribution in [0.25, 0.3) is 11.0 Å². The average molecular weight is 284 g/mol. The summed E-state index contributed by atoms with van der Waals surface area (Å²) in [5.74, 6) is 0.162. The Kier molecular flexibility index (Phi) is 3.19. The second kappa shape index (κ2) is 5.16.